The minimum absolute atomic E-state index is 0.335. The van der Waals surface area contributed by atoms with Crippen molar-refractivity contribution < 1.29 is 0 Å². The zero-order valence-corrected chi connectivity index (χ0v) is 13.9. The van der Waals surface area contributed by atoms with Gasteiger partial charge in [0.25, 0.3) is 0 Å². The number of aromatic nitrogens is 2. The molecule has 118 valence electrons. The predicted molar refractivity (Wildman–Crippen MR) is 96.8 cm³/mol. The van der Waals surface area contributed by atoms with Gasteiger partial charge in [-0.3, -0.25) is 0 Å². The standard InChI is InChI=1S/C20H16ClN3/c21-17-7-3-1-5-15(17)14-11-22-19(23-12-14)24-13-20(9-10-20)16-6-2-4-8-18(16)24/h1-8,11-12H,9-10,13H2. The van der Waals surface area contributed by atoms with Crippen LogP contribution in [0, 0.1) is 0 Å². The van der Waals surface area contributed by atoms with E-state index in [2.05, 4.69) is 39.1 Å². The van der Waals surface area contributed by atoms with E-state index in [1.165, 1.54) is 24.1 Å². The first-order chi connectivity index (χ1) is 11.8. The van der Waals surface area contributed by atoms with E-state index >= 15 is 0 Å². The Labute approximate surface area is 145 Å². The van der Waals surface area contributed by atoms with Gasteiger partial charge in [0.05, 0.1) is 0 Å². The van der Waals surface area contributed by atoms with Crippen LogP contribution in [0.1, 0.15) is 18.4 Å². The average molecular weight is 334 g/mol. The number of para-hydroxylation sites is 1. The first-order valence-corrected chi connectivity index (χ1v) is 8.59. The molecule has 2 heterocycles. The number of hydrogen-bond donors (Lipinski definition) is 0. The van der Waals surface area contributed by atoms with E-state index in [9.17, 15) is 0 Å². The van der Waals surface area contributed by atoms with Crippen LogP contribution >= 0.6 is 11.6 Å². The molecule has 2 aliphatic rings. The fourth-order valence-electron chi connectivity index (χ4n) is 3.68. The highest BCUT2D eigenvalue weighted by Gasteiger charge is 2.52. The van der Waals surface area contributed by atoms with Crippen LogP contribution in [0.4, 0.5) is 11.6 Å². The molecule has 1 aromatic heterocycles. The monoisotopic (exact) mass is 333 g/mol. The third kappa shape index (κ3) is 2.05. The maximum Gasteiger partial charge on any atom is 0.229 e. The fourth-order valence-corrected chi connectivity index (χ4v) is 3.93. The summed E-state index contributed by atoms with van der Waals surface area (Å²) >= 11 is 6.27. The molecule has 0 N–H and O–H groups in total. The highest BCUT2D eigenvalue weighted by atomic mass is 35.5. The Kier molecular flexibility index (Phi) is 2.95. The van der Waals surface area contributed by atoms with E-state index in [1.54, 1.807) is 0 Å². The molecular weight excluding hydrogens is 318 g/mol. The summed E-state index contributed by atoms with van der Waals surface area (Å²) < 4.78 is 0. The normalized spacial score (nSPS) is 17.1. The van der Waals surface area contributed by atoms with Crippen molar-refractivity contribution in [3.05, 3.63) is 71.5 Å². The summed E-state index contributed by atoms with van der Waals surface area (Å²) in [6, 6.07) is 16.4. The smallest absolute Gasteiger partial charge is 0.229 e. The maximum atomic E-state index is 6.27. The summed E-state index contributed by atoms with van der Waals surface area (Å²) in [5.41, 5.74) is 4.94. The molecule has 0 bridgehead atoms. The summed E-state index contributed by atoms with van der Waals surface area (Å²) in [5.74, 6) is 0.766. The minimum atomic E-state index is 0.335. The van der Waals surface area contributed by atoms with Gasteiger partial charge in [-0.15, -0.1) is 0 Å². The highest BCUT2D eigenvalue weighted by molar-refractivity contribution is 6.33. The second-order valence-electron chi connectivity index (χ2n) is 6.64. The molecule has 0 atom stereocenters. The van der Waals surface area contributed by atoms with E-state index < -0.39 is 0 Å². The summed E-state index contributed by atoms with van der Waals surface area (Å²) in [6.45, 7) is 0.984. The Morgan fingerprint density at radius 3 is 2.38 bits per heavy atom. The van der Waals surface area contributed by atoms with Gasteiger partial charge in [-0.2, -0.15) is 0 Å². The Morgan fingerprint density at radius 2 is 1.62 bits per heavy atom. The Balaban J connectivity index is 1.52. The van der Waals surface area contributed by atoms with Crippen molar-refractivity contribution in [2.24, 2.45) is 0 Å². The van der Waals surface area contributed by atoms with E-state index in [-0.39, 0.29) is 0 Å². The third-order valence-electron chi connectivity index (χ3n) is 5.15. The van der Waals surface area contributed by atoms with Crippen molar-refractivity contribution in [3.63, 3.8) is 0 Å². The van der Waals surface area contributed by atoms with Crippen molar-refractivity contribution in [2.75, 3.05) is 11.4 Å². The van der Waals surface area contributed by atoms with E-state index in [0.29, 0.717) is 5.41 Å². The minimum Gasteiger partial charge on any atom is -0.309 e. The third-order valence-corrected chi connectivity index (χ3v) is 5.47. The number of fused-ring (bicyclic) bond motifs is 2. The van der Waals surface area contributed by atoms with Crippen LogP contribution in [0.3, 0.4) is 0 Å². The van der Waals surface area contributed by atoms with Crippen LogP contribution in [0.25, 0.3) is 11.1 Å². The zero-order valence-electron chi connectivity index (χ0n) is 13.1. The largest absolute Gasteiger partial charge is 0.309 e. The maximum absolute atomic E-state index is 6.27. The SMILES string of the molecule is Clc1ccccc1-c1cnc(N2CC3(CC3)c3ccccc32)nc1. The summed E-state index contributed by atoms with van der Waals surface area (Å²) in [4.78, 5) is 11.5. The molecule has 24 heavy (non-hydrogen) atoms. The second-order valence-corrected chi connectivity index (χ2v) is 7.04. The number of nitrogens with zero attached hydrogens (tertiary/aromatic N) is 3. The number of halogens is 1. The van der Waals surface area contributed by atoms with Gasteiger partial charge in [0.1, 0.15) is 0 Å². The van der Waals surface area contributed by atoms with Crippen molar-refractivity contribution in [1.82, 2.24) is 9.97 Å². The second kappa shape index (κ2) is 5.05. The lowest BCUT2D eigenvalue weighted by atomic mass is 9.99. The van der Waals surface area contributed by atoms with Gasteiger partial charge >= 0.3 is 0 Å². The number of hydrogen-bond acceptors (Lipinski definition) is 3. The molecule has 0 amide bonds. The van der Waals surface area contributed by atoms with Crippen LogP contribution in [-0.2, 0) is 5.41 Å². The quantitative estimate of drug-likeness (QED) is 0.662. The van der Waals surface area contributed by atoms with Gasteiger partial charge < -0.3 is 4.90 Å². The molecule has 0 radical (unpaired) electrons. The fraction of sp³-hybridized carbons (Fsp3) is 0.200. The first-order valence-electron chi connectivity index (χ1n) is 8.21. The molecular formula is C20H16ClN3. The van der Waals surface area contributed by atoms with Gasteiger partial charge in [-0.25, -0.2) is 9.97 Å². The van der Waals surface area contributed by atoms with Gasteiger partial charge in [0.2, 0.25) is 5.95 Å². The summed E-state index contributed by atoms with van der Waals surface area (Å²) in [5, 5.41) is 0.720. The molecule has 0 unspecified atom stereocenters. The molecule has 3 aromatic rings. The molecule has 1 aliphatic carbocycles. The van der Waals surface area contributed by atoms with Crippen LogP contribution in [0.2, 0.25) is 5.02 Å². The molecule has 1 spiro atoms. The topological polar surface area (TPSA) is 29.0 Å². The van der Waals surface area contributed by atoms with Crippen LogP contribution < -0.4 is 4.90 Å². The van der Waals surface area contributed by atoms with E-state index in [1.807, 2.05) is 36.7 Å². The summed E-state index contributed by atoms with van der Waals surface area (Å²) in [6.07, 6.45) is 6.25. The van der Waals surface area contributed by atoms with Crippen LogP contribution in [-0.4, -0.2) is 16.5 Å². The average Bonchev–Trinajstić information content (AvgIpc) is 3.33. The molecule has 2 aromatic carbocycles. The lowest BCUT2D eigenvalue weighted by molar-refractivity contribution is 0.735. The lowest BCUT2D eigenvalue weighted by Gasteiger charge is -2.17. The molecule has 1 fully saturated rings. The lowest BCUT2D eigenvalue weighted by Crippen LogP contribution is -2.21. The molecule has 1 saturated carbocycles. The molecule has 4 heteroatoms. The Morgan fingerprint density at radius 1 is 0.917 bits per heavy atom. The number of benzene rings is 2. The van der Waals surface area contributed by atoms with Gasteiger partial charge in [-0.05, 0) is 30.5 Å². The highest BCUT2D eigenvalue weighted by Crippen LogP contribution is 2.57. The van der Waals surface area contributed by atoms with Gasteiger partial charge in [-0.1, -0.05) is 48.0 Å². The number of anilines is 2. The van der Waals surface area contributed by atoms with Crippen molar-refractivity contribution in [1.29, 1.82) is 0 Å². The van der Waals surface area contributed by atoms with E-state index in [0.717, 1.165) is 28.6 Å². The van der Waals surface area contributed by atoms with Gasteiger partial charge in [0, 0.05) is 46.2 Å². The molecule has 1 aliphatic heterocycles. The van der Waals surface area contributed by atoms with Crippen molar-refractivity contribution in [2.45, 2.75) is 18.3 Å². The molecule has 5 rings (SSSR count). The summed E-state index contributed by atoms with van der Waals surface area (Å²) in [7, 11) is 0. The zero-order chi connectivity index (χ0) is 16.1. The Bertz CT molecular complexity index is 916. The van der Waals surface area contributed by atoms with E-state index in [4.69, 9.17) is 11.6 Å². The first kappa shape index (κ1) is 14.0. The Hall–Kier alpha value is -2.39. The molecule has 0 saturated heterocycles. The van der Waals surface area contributed by atoms with Gasteiger partial charge in [0.15, 0.2) is 0 Å². The number of rotatable bonds is 2. The van der Waals surface area contributed by atoms with Crippen molar-refractivity contribution in [3.8, 4) is 11.1 Å². The molecule has 3 nitrogen and oxygen atoms in total. The predicted octanol–water partition coefficient (Wildman–Crippen LogP) is 4.98. The van der Waals surface area contributed by atoms with Crippen LogP contribution in [0.5, 0.6) is 0 Å². The van der Waals surface area contributed by atoms with Crippen LogP contribution in [0.15, 0.2) is 60.9 Å². The van der Waals surface area contributed by atoms with Crippen molar-refractivity contribution >= 4 is 23.2 Å².